The lowest BCUT2D eigenvalue weighted by Crippen LogP contribution is -2.48. The van der Waals surface area contributed by atoms with Crippen molar-refractivity contribution in [3.8, 4) is 0 Å². The Hall–Kier alpha value is -2.29. The largest absolute Gasteiger partial charge is 0.396 e. The summed E-state index contributed by atoms with van der Waals surface area (Å²) in [6, 6.07) is 3.30. The van der Waals surface area contributed by atoms with E-state index in [0.29, 0.717) is 25.2 Å². The molecule has 2 aliphatic rings. The predicted molar refractivity (Wildman–Crippen MR) is 112 cm³/mol. The van der Waals surface area contributed by atoms with E-state index in [4.69, 9.17) is 0 Å². The van der Waals surface area contributed by atoms with Gasteiger partial charge in [-0.05, 0) is 26.0 Å². The number of pyridine rings is 1. The third kappa shape index (κ3) is 3.35. The van der Waals surface area contributed by atoms with Gasteiger partial charge in [0, 0.05) is 54.4 Å². The van der Waals surface area contributed by atoms with Crippen molar-refractivity contribution in [1.82, 2.24) is 19.8 Å². The molecule has 1 saturated heterocycles. The van der Waals surface area contributed by atoms with Gasteiger partial charge in [-0.25, -0.2) is 4.98 Å². The number of fused-ring (bicyclic) bond motifs is 3. The maximum absolute atomic E-state index is 13.0. The molecule has 0 radical (unpaired) electrons. The topological polar surface area (TPSA) is 87.5 Å². The normalized spacial score (nSPS) is 26.0. The standard InChI is InChI=1S/C21H26N4O3S/c1-3-5-13-6-7-16-18-14(10-24(16)21(13)28)15(12-26)19(20(27)22-4-2)25(18)11-17-23-8-9-29-17/h3,5-9,14-15,18-19,26H,4,10-12H2,1-2H3,(H,22,27)/b5-3+/t14-,15-,18+,19-/m0/s1. The van der Waals surface area contributed by atoms with E-state index in [1.54, 1.807) is 17.5 Å². The van der Waals surface area contributed by atoms with Gasteiger partial charge in [-0.1, -0.05) is 12.2 Å². The minimum atomic E-state index is -0.446. The van der Waals surface area contributed by atoms with Crippen LogP contribution in [0.2, 0.25) is 0 Å². The van der Waals surface area contributed by atoms with Gasteiger partial charge in [-0.2, -0.15) is 0 Å². The highest BCUT2D eigenvalue weighted by Crippen LogP contribution is 2.49. The van der Waals surface area contributed by atoms with Crippen LogP contribution in [-0.4, -0.2) is 44.7 Å². The van der Waals surface area contributed by atoms with E-state index in [9.17, 15) is 14.7 Å². The summed E-state index contributed by atoms with van der Waals surface area (Å²) in [5, 5.41) is 16.0. The molecule has 0 spiro atoms. The number of thiazole rings is 1. The Morgan fingerprint density at radius 1 is 1.45 bits per heavy atom. The molecule has 0 unspecified atom stereocenters. The van der Waals surface area contributed by atoms with Crippen LogP contribution in [0.5, 0.6) is 0 Å². The summed E-state index contributed by atoms with van der Waals surface area (Å²) >= 11 is 1.55. The number of carbonyl (C=O) groups excluding carboxylic acids is 1. The van der Waals surface area contributed by atoms with Gasteiger partial charge in [0.25, 0.3) is 5.56 Å². The molecule has 2 N–H and O–H groups in total. The van der Waals surface area contributed by atoms with Crippen LogP contribution >= 0.6 is 11.3 Å². The Labute approximate surface area is 173 Å². The smallest absolute Gasteiger partial charge is 0.258 e. The van der Waals surface area contributed by atoms with Crippen molar-refractivity contribution >= 4 is 23.3 Å². The number of likely N-dealkylation sites (tertiary alicyclic amines) is 1. The van der Waals surface area contributed by atoms with Crippen LogP contribution in [0, 0.1) is 11.8 Å². The molecule has 4 rings (SSSR count). The SMILES string of the molecule is C/C=C/c1ccc2n(c1=O)C[C@H]1[C@H](CO)[C@@H](C(=O)NCC)N(Cc3nccs3)[C@@H]21. The lowest BCUT2D eigenvalue weighted by molar-refractivity contribution is -0.127. The van der Waals surface area contributed by atoms with Crippen molar-refractivity contribution in [2.75, 3.05) is 13.2 Å². The van der Waals surface area contributed by atoms with E-state index in [1.165, 1.54) is 0 Å². The molecule has 29 heavy (non-hydrogen) atoms. The third-order valence-corrected chi connectivity index (χ3v) is 6.75. The van der Waals surface area contributed by atoms with Gasteiger partial charge in [0.05, 0.1) is 18.6 Å². The molecule has 8 heteroatoms. The molecule has 0 aliphatic carbocycles. The summed E-state index contributed by atoms with van der Waals surface area (Å²) in [6.45, 7) is 5.26. The molecule has 0 aromatic carbocycles. The number of carbonyl (C=O) groups is 1. The van der Waals surface area contributed by atoms with Crippen LogP contribution in [0.4, 0.5) is 0 Å². The number of aliphatic hydroxyl groups is 1. The third-order valence-electron chi connectivity index (χ3n) is 5.99. The van der Waals surface area contributed by atoms with Crippen LogP contribution in [0.15, 0.2) is 34.6 Å². The number of aliphatic hydroxyl groups excluding tert-OH is 1. The van der Waals surface area contributed by atoms with E-state index >= 15 is 0 Å². The molecule has 2 aromatic heterocycles. The number of amides is 1. The minimum absolute atomic E-state index is 0.00104. The first kappa shape index (κ1) is 20.0. The monoisotopic (exact) mass is 414 g/mol. The van der Waals surface area contributed by atoms with Crippen molar-refractivity contribution in [1.29, 1.82) is 0 Å². The number of nitrogens with zero attached hydrogens (tertiary/aromatic N) is 3. The maximum atomic E-state index is 13.0. The van der Waals surface area contributed by atoms with Crippen molar-refractivity contribution in [3.63, 3.8) is 0 Å². The molecule has 7 nitrogen and oxygen atoms in total. The second-order valence-electron chi connectivity index (χ2n) is 7.52. The molecule has 2 aromatic rings. The van der Waals surface area contributed by atoms with Gasteiger partial charge in [0.2, 0.25) is 5.91 Å². The summed E-state index contributed by atoms with van der Waals surface area (Å²) in [5.41, 5.74) is 1.55. The van der Waals surface area contributed by atoms with Crippen molar-refractivity contribution < 1.29 is 9.90 Å². The second-order valence-corrected chi connectivity index (χ2v) is 8.50. The molecule has 1 fully saturated rings. The zero-order valence-electron chi connectivity index (χ0n) is 16.6. The summed E-state index contributed by atoms with van der Waals surface area (Å²) in [5.74, 6) is -0.311. The summed E-state index contributed by atoms with van der Waals surface area (Å²) in [6.07, 6.45) is 5.43. The molecule has 154 valence electrons. The first-order valence-electron chi connectivity index (χ1n) is 9.99. The molecule has 4 atom stereocenters. The highest BCUT2D eigenvalue weighted by atomic mass is 32.1. The first-order valence-corrected chi connectivity index (χ1v) is 10.9. The molecule has 0 saturated carbocycles. The first-order chi connectivity index (χ1) is 14.1. The van der Waals surface area contributed by atoms with Gasteiger partial charge < -0.3 is 15.0 Å². The minimum Gasteiger partial charge on any atom is -0.396 e. The summed E-state index contributed by atoms with van der Waals surface area (Å²) < 4.78 is 1.82. The molecule has 4 heterocycles. The fourth-order valence-corrected chi connectivity index (χ4v) is 5.50. The van der Waals surface area contributed by atoms with Gasteiger partial charge >= 0.3 is 0 Å². The second kappa shape index (κ2) is 8.22. The fourth-order valence-electron chi connectivity index (χ4n) is 4.87. The predicted octanol–water partition coefficient (Wildman–Crippen LogP) is 1.64. The Bertz CT molecular complexity index is 969. The Morgan fingerprint density at radius 3 is 2.93 bits per heavy atom. The molecule has 1 amide bonds. The van der Waals surface area contributed by atoms with Gasteiger partial charge in [-0.3, -0.25) is 14.5 Å². The van der Waals surface area contributed by atoms with Gasteiger partial charge in [0.1, 0.15) is 5.01 Å². The number of hydrogen-bond donors (Lipinski definition) is 2. The number of hydrogen-bond acceptors (Lipinski definition) is 6. The zero-order chi connectivity index (χ0) is 20.5. The highest BCUT2D eigenvalue weighted by Gasteiger charge is 2.55. The van der Waals surface area contributed by atoms with E-state index in [1.807, 2.05) is 48.1 Å². The van der Waals surface area contributed by atoms with Crippen molar-refractivity contribution in [2.24, 2.45) is 11.8 Å². The van der Waals surface area contributed by atoms with Crippen LogP contribution in [0.3, 0.4) is 0 Å². The molecular formula is C21H26N4O3S. The Balaban J connectivity index is 1.79. The average molecular weight is 415 g/mol. The number of aromatic nitrogens is 2. The molecular weight excluding hydrogens is 388 g/mol. The number of nitrogens with one attached hydrogen (secondary N) is 1. The maximum Gasteiger partial charge on any atom is 0.258 e. The van der Waals surface area contributed by atoms with Crippen molar-refractivity contribution in [3.05, 3.63) is 56.4 Å². The van der Waals surface area contributed by atoms with E-state index in [0.717, 1.165) is 10.7 Å². The summed E-state index contributed by atoms with van der Waals surface area (Å²) in [7, 11) is 0. The lowest BCUT2D eigenvalue weighted by atomic mass is 9.88. The quantitative estimate of drug-likeness (QED) is 0.750. The van der Waals surface area contributed by atoms with Crippen LogP contribution < -0.4 is 10.9 Å². The number of allylic oxidation sites excluding steroid dienone is 1. The fraction of sp³-hybridized carbons (Fsp3) is 0.476. The number of likely N-dealkylation sites (N-methyl/N-ethyl adjacent to an activating group) is 1. The Morgan fingerprint density at radius 2 is 2.28 bits per heavy atom. The van der Waals surface area contributed by atoms with Crippen LogP contribution in [0.25, 0.3) is 6.08 Å². The zero-order valence-corrected chi connectivity index (χ0v) is 17.4. The molecule has 2 aliphatic heterocycles. The highest BCUT2D eigenvalue weighted by molar-refractivity contribution is 7.09. The Kier molecular flexibility index (Phi) is 5.67. The van der Waals surface area contributed by atoms with E-state index < -0.39 is 6.04 Å². The van der Waals surface area contributed by atoms with Gasteiger partial charge in [-0.15, -0.1) is 11.3 Å². The van der Waals surface area contributed by atoms with Crippen LogP contribution in [-0.2, 0) is 17.9 Å². The average Bonchev–Trinajstić information content (AvgIpc) is 3.40. The lowest BCUT2D eigenvalue weighted by Gasteiger charge is -2.30. The summed E-state index contributed by atoms with van der Waals surface area (Å²) in [4.78, 5) is 32.4. The van der Waals surface area contributed by atoms with Gasteiger partial charge in [0.15, 0.2) is 0 Å². The van der Waals surface area contributed by atoms with E-state index in [2.05, 4.69) is 15.2 Å². The van der Waals surface area contributed by atoms with Crippen LogP contribution in [0.1, 0.15) is 36.2 Å². The van der Waals surface area contributed by atoms with E-state index in [-0.39, 0.29) is 36.0 Å². The number of rotatable bonds is 6. The van der Waals surface area contributed by atoms with Crippen molar-refractivity contribution in [2.45, 2.75) is 39.0 Å². The molecule has 0 bridgehead atoms.